The molecule has 2 aromatic carbocycles. The van der Waals surface area contributed by atoms with Crippen LogP contribution in [0.25, 0.3) is 21.5 Å². The van der Waals surface area contributed by atoms with Crippen LogP contribution in [-0.4, -0.2) is 39.4 Å². The lowest BCUT2D eigenvalue weighted by Crippen LogP contribution is -2.45. The molecule has 4 aromatic rings. The number of nitrogens with zero attached hydrogens (tertiary/aromatic N) is 3. The minimum Gasteiger partial charge on any atom is -0.478 e. The lowest BCUT2D eigenvalue weighted by Gasteiger charge is -2.38. The molecule has 7 rings (SSSR count). The van der Waals surface area contributed by atoms with Crippen molar-refractivity contribution in [3.8, 4) is 11.3 Å². The molecule has 2 atom stereocenters. The molecule has 2 saturated heterocycles. The van der Waals surface area contributed by atoms with Gasteiger partial charge in [-0.1, -0.05) is 45.8 Å². The zero-order valence-corrected chi connectivity index (χ0v) is 22.7. The zero-order chi connectivity index (χ0) is 26.0. The summed E-state index contributed by atoms with van der Waals surface area (Å²) in [5.41, 5.74) is 3.47. The Morgan fingerprint density at radius 3 is 2.53 bits per heavy atom. The van der Waals surface area contributed by atoms with E-state index in [0.717, 1.165) is 65.2 Å². The van der Waals surface area contributed by atoms with Crippen molar-refractivity contribution in [2.45, 2.75) is 69.2 Å². The highest BCUT2D eigenvalue weighted by atomic mass is 35.5. The van der Waals surface area contributed by atoms with E-state index in [1.165, 1.54) is 0 Å². The topological polar surface area (TPSA) is 88.7 Å². The summed E-state index contributed by atoms with van der Waals surface area (Å²) in [6.45, 7) is 0.412. The molecule has 4 heterocycles. The molecule has 10 heteroatoms. The molecule has 2 bridgehead atoms. The molecule has 2 aliphatic heterocycles. The largest absolute Gasteiger partial charge is 0.478 e. The smallest absolute Gasteiger partial charge is 0.335 e. The first-order chi connectivity index (χ1) is 18.5. The second kappa shape index (κ2) is 9.52. The second-order valence-electron chi connectivity index (χ2n) is 10.4. The van der Waals surface area contributed by atoms with Crippen molar-refractivity contribution in [1.82, 2.24) is 10.1 Å². The third-order valence-corrected chi connectivity index (χ3v) is 9.63. The Hall–Kier alpha value is -2.65. The number of fused-ring (bicyclic) bond motifs is 3. The van der Waals surface area contributed by atoms with Crippen LogP contribution in [-0.2, 0) is 11.3 Å². The number of benzene rings is 2. The molecule has 1 saturated carbocycles. The van der Waals surface area contributed by atoms with Crippen molar-refractivity contribution in [2.24, 2.45) is 0 Å². The molecule has 2 aromatic heterocycles. The molecule has 0 amide bonds. The molecule has 0 spiro atoms. The summed E-state index contributed by atoms with van der Waals surface area (Å²) in [6, 6.07) is 11.3. The van der Waals surface area contributed by atoms with E-state index < -0.39 is 5.97 Å². The number of anilines is 1. The van der Waals surface area contributed by atoms with Gasteiger partial charge < -0.3 is 19.3 Å². The van der Waals surface area contributed by atoms with Gasteiger partial charge in [0.1, 0.15) is 11.5 Å². The number of halogens is 2. The summed E-state index contributed by atoms with van der Waals surface area (Å²) in [7, 11) is 0. The Bertz CT molecular complexity index is 1510. The van der Waals surface area contributed by atoms with Crippen LogP contribution in [0.5, 0.6) is 0 Å². The van der Waals surface area contributed by atoms with Gasteiger partial charge in [0.05, 0.1) is 38.5 Å². The molecule has 3 fully saturated rings. The van der Waals surface area contributed by atoms with Crippen molar-refractivity contribution < 1.29 is 19.2 Å². The molecule has 1 aliphatic carbocycles. The molecule has 38 heavy (non-hydrogen) atoms. The van der Waals surface area contributed by atoms with Gasteiger partial charge in [0.15, 0.2) is 5.13 Å². The number of carbonyl (C=O) groups is 1. The van der Waals surface area contributed by atoms with E-state index in [2.05, 4.69) is 10.1 Å². The molecule has 0 radical (unpaired) electrons. The van der Waals surface area contributed by atoms with Crippen molar-refractivity contribution in [3.63, 3.8) is 0 Å². The maximum Gasteiger partial charge on any atom is 0.335 e. The zero-order valence-electron chi connectivity index (χ0n) is 20.4. The third kappa shape index (κ3) is 4.28. The number of carboxylic acids is 1. The van der Waals surface area contributed by atoms with E-state index in [1.807, 2.05) is 18.2 Å². The summed E-state index contributed by atoms with van der Waals surface area (Å²) in [5, 5.41) is 15.8. The normalized spacial score (nSPS) is 22.9. The minimum absolute atomic E-state index is 0.119. The van der Waals surface area contributed by atoms with Gasteiger partial charge in [-0.3, -0.25) is 0 Å². The lowest BCUT2D eigenvalue weighted by molar-refractivity contribution is 0.0147. The Labute approximate surface area is 233 Å². The van der Waals surface area contributed by atoms with Crippen LogP contribution in [0.15, 0.2) is 40.9 Å². The van der Waals surface area contributed by atoms with E-state index >= 15 is 0 Å². The first-order valence-electron chi connectivity index (χ1n) is 12.9. The van der Waals surface area contributed by atoms with Crippen LogP contribution >= 0.6 is 34.5 Å². The van der Waals surface area contributed by atoms with Gasteiger partial charge in [0.25, 0.3) is 0 Å². The van der Waals surface area contributed by atoms with Crippen molar-refractivity contribution in [2.75, 3.05) is 4.90 Å². The number of aromatic nitrogens is 2. The van der Waals surface area contributed by atoms with Gasteiger partial charge in [0, 0.05) is 29.1 Å². The first-order valence-corrected chi connectivity index (χ1v) is 14.5. The first kappa shape index (κ1) is 24.4. The average Bonchev–Trinajstić information content (AvgIpc) is 3.42. The van der Waals surface area contributed by atoms with Crippen LogP contribution in [0.2, 0.25) is 10.0 Å². The number of piperidine rings is 1. The summed E-state index contributed by atoms with van der Waals surface area (Å²) < 4.78 is 13.3. The molecule has 1 N–H and O–H groups in total. The van der Waals surface area contributed by atoms with E-state index in [4.69, 9.17) is 37.4 Å². The average molecular weight is 570 g/mol. The predicted octanol–water partition coefficient (Wildman–Crippen LogP) is 7.55. The van der Waals surface area contributed by atoms with Crippen LogP contribution in [0.1, 0.15) is 66.1 Å². The van der Waals surface area contributed by atoms with Gasteiger partial charge in [0.2, 0.25) is 0 Å². The number of hydrogen-bond donors (Lipinski definition) is 1. The van der Waals surface area contributed by atoms with Crippen molar-refractivity contribution in [1.29, 1.82) is 0 Å². The highest BCUT2D eigenvalue weighted by Gasteiger charge is 2.43. The highest BCUT2D eigenvalue weighted by molar-refractivity contribution is 7.22. The van der Waals surface area contributed by atoms with Crippen LogP contribution in [0.3, 0.4) is 0 Å². The number of ether oxygens (including phenoxy) is 1. The second-order valence-corrected chi connectivity index (χ2v) is 12.2. The molecule has 196 valence electrons. The van der Waals surface area contributed by atoms with Crippen LogP contribution < -0.4 is 4.90 Å². The van der Waals surface area contributed by atoms with Crippen LogP contribution in [0.4, 0.5) is 5.13 Å². The maximum atomic E-state index is 11.4. The Morgan fingerprint density at radius 1 is 1.11 bits per heavy atom. The molecule has 0 unspecified atom stereocenters. The molecule has 3 aliphatic rings. The monoisotopic (exact) mass is 569 g/mol. The minimum atomic E-state index is -0.919. The third-order valence-electron chi connectivity index (χ3n) is 7.96. The predicted molar refractivity (Wildman–Crippen MR) is 148 cm³/mol. The molecular formula is C28H25Cl2N3O4S. The van der Waals surface area contributed by atoms with E-state index in [-0.39, 0.29) is 6.10 Å². The highest BCUT2D eigenvalue weighted by Crippen LogP contribution is 2.47. The van der Waals surface area contributed by atoms with E-state index in [0.29, 0.717) is 51.5 Å². The Morgan fingerprint density at radius 2 is 1.84 bits per heavy atom. The van der Waals surface area contributed by atoms with Gasteiger partial charge >= 0.3 is 5.97 Å². The van der Waals surface area contributed by atoms with Crippen molar-refractivity contribution >= 4 is 55.9 Å². The Balaban J connectivity index is 1.10. The fraction of sp³-hybridized carbons (Fsp3) is 0.393. The number of carboxylic acid groups (broad SMARTS) is 1. The van der Waals surface area contributed by atoms with E-state index in [1.54, 1.807) is 29.5 Å². The van der Waals surface area contributed by atoms with Crippen LogP contribution in [0, 0.1) is 0 Å². The quantitative estimate of drug-likeness (QED) is 0.245. The Kier molecular flexibility index (Phi) is 6.11. The number of rotatable bonds is 7. The summed E-state index contributed by atoms with van der Waals surface area (Å²) >= 11 is 14.6. The summed E-state index contributed by atoms with van der Waals surface area (Å²) in [4.78, 5) is 18.7. The number of hydrogen-bond acceptors (Lipinski definition) is 7. The summed E-state index contributed by atoms with van der Waals surface area (Å²) in [5.74, 6) is 0.360. The lowest BCUT2D eigenvalue weighted by atomic mass is 10.00. The fourth-order valence-corrected chi connectivity index (χ4v) is 7.71. The SMILES string of the molecule is O=C(O)c1ccc2nc(N3[C@@H]4CC[C@@H]3CC(OCc3c(-c5c(Cl)cccc5Cl)noc3C3CC3)C4)sc2c1. The fourth-order valence-electron chi connectivity index (χ4n) is 5.98. The maximum absolute atomic E-state index is 11.4. The standard InChI is InChI=1S/C28H25Cl2N3O4S/c29-20-2-1-3-21(30)24(20)25-19(26(37-32-25)14-4-5-14)13-36-18-11-16-7-8-17(12-18)33(16)28-31-22-9-6-15(27(34)35)10-23(22)38-28/h1-3,6,9-10,14,16-18H,4-5,7-8,11-13H2,(H,34,35)/t16-,17-/m1/s1. The van der Waals surface area contributed by atoms with Gasteiger partial charge in [-0.25, -0.2) is 9.78 Å². The number of aromatic carboxylic acids is 1. The van der Waals surface area contributed by atoms with Crippen molar-refractivity contribution in [3.05, 3.63) is 63.3 Å². The summed E-state index contributed by atoms with van der Waals surface area (Å²) in [6.07, 6.45) is 6.34. The van der Waals surface area contributed by atoms with Gasteiger partial charge in [-0.05, 0) is 68.9 Å². The number of thiazole rings is 1. The molecule has 7 nitrogen and oxygen atoms in total. The van der Waals surface area contributed by atoms with E-state index in [9.17, 15) is 9.90 Å². The van der Waals surface area contributed by atoms with Gasteiger partial charge in [-0.2, -0.15) is 0 Å². The van der Waals surface area contributed by atoms with Gasteiger partial charge in [-0.15, -0.1) is 0 Å². The molecular weight excluding hydrogens is 545 g/mol.